The number of hydrogen-bond acceptors (Lipinski definition) is 4. The Morgan fingerprint density at radius 1 is 0.824 bits per heavy atom. The molecule has 0 amide bonds. The van der Waals surface area contributed by atoms with Crippen LogP contribution in [0, 0.1) is 0 Å². The van der Waals surface area contributed by atoms with E-state index in [1.807, 2.05) is 0 Å². The molecule has 0 spiro atoms. The molecule has 0 radical (unpaired) electrons. The molecule has 4 rings (SSSR count). The van der Waals surface area contributed by atoms with Gasteiger partial charge in [0.1, 0.15) is 17.0 Å². The minimum Gasteiger partial charge on any atom is -0.339 e. The lowest BCUT2D eigenvalue weighted by Gasteiger charge is -2.15. The molecule has 0 saturated carbocycles. The van der Waals surface area contributed by atoms with Crippen LogP contribution in [0.5, 0.6) is 0 Å². The van der Waals surface area contributed by atoms with Gasteiger partial charge in [-0.25, -0.2) is 4.98 Å². The molecule has 0 aliphatic heterocycles. The van der Waals surface area contributed by atoms with Gasteiger partial charge in [0.05, 0.1) is 22.5 Å². The zero-order valence-electron chi connectivity index (χ0n) is 17.0. The van der Waals surface area contributed by atoms with Crippen molar-refractivity contribution in [2.24, 2.45) is 4.99 Å². The van der Waals surface area contributed by atoms with Crippen molar-refractivity contribution in [1.29, 1.82) is 0 Å². The van der Waals surface area contributed by atoms with Crippen molar-refractivity contribution in [2.75, 3.05) is 5.32 Å². The number of aromatic nitrogens is 2. The second kappa shape index (κ2) is 8.65. The van der Waals surface area contributed by atoms with Gasteiger partial charge in [0.25, 0.3) is 5.56 Å². The number of rotatable bonds is 4. The maximum Gasteiger partial charge on any atom is 0.418 e. The molecule has 0 saturated heterocycles. The number of alkyl halides is 6. The van der Waals surface area contributed by atoms with Crippen molar-refractivity contribution in [3.63, 3.8) is 0 Å². The first-order valence-corrected chi connectivity index (χ1v) is 9.70. The fourth-order valence-corrected chi connectivity index (χ4v) is 3.24. The fraction of sp³-hybridized carbons (Fsp3) is 0.0870. The fourth-order valence-electron chi connectivity index (χ4n) is 3.24. The molecule has 174 valence electrons. The standard InChI is InChI=1S/C23H14F6N4O/c24-22(25,26)15-7-1-3-9-17(15)30-13-14-20(32-19-11-5-6-12-33(19)21(14)34)31-18-10-4-2-8-16(18)23(27,28)29/h1-13,31H. The molecule has 2 aromatic heterocycles. The Kier molecular flexibility index (Phi) is 5.86. The van der Waals surface area contributed by atoms with Crippen LogP contribution >= 0.6 is 0 Å². The topological polar surface area (TPSA) is 58.8 Å². The van der Waals surface area contributed by atoms with Gasteiger partial charge in [-0.15, -0.1) is 0 Å². The van der Waals surface area contributed by atoms with E-state index in [9.17, 15) is 31.1 Å². The maximum atomic E-state index is 13.5. The average Bonchev–Trinajstić information content (AvgIpc) is 2.78. The molecular formula is C23H14F6N4O. The minimum atomic E-state index is -4.70. The predicted octanol–water partition coefficient (Wildman–Crippen LogP) is 6.23. The minimum absolute atomic E-state index is 0.118. The number of fused-ring (bicyclic) bond motifs is 1. The van der Waals surface area contributed by atoms with Gasteiger partial charge in [-0.2, -0.15) is 26.3 Å². The Bertz CT molecular complexity index is 1440. The quantitative estimate of drug-likeness (QED) is 0.281. The molecule has 0 aliphatic carbocycles. The van der Waals surface area contributed by atoms with Crippen LogP contribution in [0.25, 0.3) is 5.65 Å². The molecule has 34 heavy (non-hydrogen) atoms. The van der Waals surface area contributed by atoms with E-state index >= 15 is 0 Å². The van der Waals surface area contributed by atoms with Gasteiger partial charge >= 0.3 is 12.4 Å². The summed E-state index contributed by atoms with van der Waals surface area (Å²) >= 11 is 0. The summed E-state index contributed by atoms with van der Waals surface area (Å²) in [7, 11) is 0. The summed E-state index contributed by atoms with van der Waals surface area (Å²) in [5, 5.41) is 2.50. The number of nitrogens with one attached hydrogen (secondary N) is 1. The maximum absolute atomic E-state index is 13.5. The van der Waals surface area contributed by atoms with Crippen molar-refractivity contribution in [2.45, 2.75) is 12.4 Å². The van der Waals surface area contributed by atoms with Crippen LogP contribution in [-0.2, 0) is 12.4 Å². The van der Waals surface area contributed by atoms with Gasteiger partial charge in [-0.3, -0.25) is 14.2 Å². The molecule has 1 N–H and O–H groups in total. The molecule has 0 bridgehead atoms. The molecule has 4 aromatic rings. The Hall–Kier alpha value is -4.15. The first-order chi connectivity index (χ1) is 16.1. The third-order valence-electron chi connectivity index (χ3n) is 4.80. The average molecular weight is 476 g/mol. The number of anilines is 2. The lowest BCUT2D eigenvalue weighted by Crippen LogP contribution is -2.22. The summed E-state index contributed by atoms with van der Waals surface area (Å²) < 4.78 is 81.4. The van der Waals surface area contributed by atoms with E-state index in [1.54, 1.807) is 6.07 Å². The number of halogens is 6. The number of nitrogens with zero attached hydrogens (tertiary/aromatic N) is 3. The third-order valence-corrected chi connectivity index (χ3v) is 4.80. The van der Waals surface area contributed by atoms with Gasteiger partial charge in [0.2, 0.25) is 0 Å². The molecule has 0 atom stereocenters. The molecule has 2 heterocycles. The van der Waals surface area contributed by atoms with Crippen LogP contribution in [-0.4, -0.2) is 15.6 Å². The number of benzene rings is 2. The number of hydrogen-bond donors (Lipinski definition) is 1. The van der Waals surface area contributed by atoms with Crippen LogP contribution in [0.4, 0.5) is 43.5 Å². The van der Waals surface area contributed by atoms with E-state index in [4.69, 9.17) is 0 Å². The first kappa shape index (κ1) is 23.0. The summed E-state index contributed by atoms with van der Waals surface area (Å²) in [4.78, 5) is 21.1. The summed E-state index contributed by atoms with van der Waals surface area (Å²) in [5.74, 6) is -0.291. The van der Waals surface area contributed by atoms with E-state index in [2.05, 4.69) is 15.3 Å². The summed E-state index contributed by atoms with van der Waals surface area (Å²) in [6.45, 7) is 0. The molecule has 11 heteroatoms. The van der Waals surface area contributed by atoms with E-state index in [1.165, 1.54) is 42.6 Å². The Labute approximate surface area is 188 Å². The molecule has 0 unspecified atom stereocenters. The molecule has 5 nitrogen and oxygen atoms in total. The second-order valence-electron chi connectivity index (χ2n) is 7.05. The lowest BCUT2D eigenvalue weighted by atomic mass is 10.1. The van der Waals surface area contributed by atoms with E-state index in [0.29, 0.717) is 0 Å². The van der Waals surface area contributed by atoms with Crippen LogP contribution in [0.1, 0.15) is 16.7 Å². The molecule has 2 aromatic carbocycles. The van der Waals surface area contributed by atoms with Crippen molar-refractivity contribution < 1.29 is 26.3 Å². The van der Waals surface area contributed by atoms with Crippen LogP contribution in [0.2, 0.25) is 0 Å². The van der Waals surface area contributed by atoms with Crippen molar-refractivity contribution >= 4 is 29.1 Å². The van der Waals surface area contributed by atoms with Crippen LogP contribution in [0.3, 0.4) is 0 Å². The third kappa shape index (κ3) is 4.63. The first-order valence-electron chi connectivity index (χ1n) is 9.70. The highest BCUT2D eigenvalue weighted by Gasteiger charge is 2.34. The van der Waals surface area contributed by atoms with Crippen LogP contribution in [0.15, 0.2) is 82.7 Å². The Morgan fingerprint density at radius 3 is 2.15 bits per heavy atom. The summed E-state index contributed by atoms with van der Waals surface area (Å²) in [5.41, 5.74) is -3.81. The lowest BCUT2D eigenvalue weighted by molar-refractivity contribution is -0.137. The molecular weight excluding hydrogens is 462 g/mol. The second-order valence-corrected chi connectivity index (χ2v) is 7.05. The monoisotopic (exact) mass is 476 g/mol. The highest BCUT2D eigenvalue weighted by molar-refractivity contribution is 5.89. The van der Waals surface area contributed by atoms with Gasteiger partial charge in [-0.1, -0.05) is 30.3 Å². The van der Waals surface area contributed by atoms with Gasteiger partial charge in [-0.05, 0) is 36.4 Å². The smallest absolute Gasteiger partial charge is 0.339 e. The Morgan fingerprint density at radius 2 is 1.44 bits per heavy atom. The number of aliphatic imine (C=N–C) groups is 1. The van der Waals surface area contributed by atoms with Gasteiger partial charge in [0.15, 0.2) is 0 Å². The summed E-state index contributed by atoms with van der Waals surface area (Å²) in [6, 6.07) is 13.6. The SMILES string of the molecule is O=c1c(C=Nc2ccccc2C(F)(F)F)c(Nc2ccccc2C(F)(F)F)nc2ccccn12. The van der Waals surface area contributed by atoms with E-state index in [0.717, 1.165) is 34.9 Å². The highest BCUT2D eigenvalue weighted by Crippen LogP contribution is 2.37. The summed E-state index contributed by atoms with van der Waals surface area (Å²) in [6.07, 6.45) is -7.16. The van der Waals surface area contributed by atoms with Crippen molar-refractivity contribution in [3.05, 3.63) is 100.0 Å². The zero-order valence-corrected chi connectivity index (χ0v) is 17.0. The van der Waals surface area contributed by atoms with Gasteiger partial charge < -0.3 is 5.32 Å². The predicted molar refractivity (Wildman–Crippen MR) is 115 cm³/mol. The molecule has 0 fully saturated rings. The number of pyridine rings is 1. The number of para-hydroxylation sites is 2. The van der Waals surface area contributed by atoms with E-state index in [-0.39, 0.29) is 22.7 Å². The zero-order chi connectivity index (χ0) is 24.5. The Balaban J connectivity index is 1.89. The highest BCUT2D eigenvalue weighted by atomic mass is 19.4. The largest absolute Gasteiger partial charge is 0.418 e. The van der Waals surface area contributed by atoms with Crippen LogP contribution < -0.4 is 10.9 Å². The van der Waals surface area contributed by atoms with Gasteiger partial charge in [0, 0.05) is 12.4 Å². The normalized spacial score (nSPS) is 12.4. The molecule has 0 aliphatic rings. The van der Waals surface area contributed by atoms with Crippen molar-refractivity contribution in [1.82, 2.24) is 9.38 Å². The van der Waals surface area contributed by atoms with Crippen molar-refractivity contribution in [3.8, 4) is 0 Å². The van der Waals surface area contributed by atoms with E-state index < -0.39 is 34.7 Å².